The first kappa shape index (κ1) is 29.2. The zero-order valence-electron chi connectivity index (χ0n) is 7.27. The van der Waals surface area contributed by atoms with E-state index in [-0.39, 0.29) is 63.4 Å². The van der Waals surface area contributed by atoms with Gasteiger partial charge in [0.15, 0.2) is 0 Å². The third-order valence-corrected chi connectivity index (χ3v) is 0.790. The summed E-state index contributed by atoms with van der Waals surface area (Å²) < 4.78 is 0. The molecule has 0 N–H and O–H groups in total. The number of rotatable bonds is 1. The van der Waals surface area contributed by atoms with Crippen LogP contribution in [0.3, 0.4) is 0 Å². The van der Waals surface area contributed by atoms with Crippen LogP contribution < -0.4 is 37.2 Å². The van der Waals surface area contributed by atoms with Crippen molar-refractivity contribution in [3.8, 4) is 0 Å². The fourth-order valence-electron chi connectivity index (χ4n) is 0.340. The van der Waals surface area contributed by atoms with Gasteiger partial charge >= 0.3 is 26.2 Å². The maximum atomic E-state index is 3.49. The van der Waals surface area contributed by atoms with E-state index < -0.39 is 0 Å². The number of allylic oxidation sites excluding steroid dienone is 5. The van der Waals surface area contributed by atoms with E-state index in [1.807, 2.05) is 12.2 Å². The van der Waals surface area contributed by atoms with Crippen molar-refractivity contribution in [3.05, 3.63) is 43.9 Å². The number of hydrogen-bond donors (Lipinski definition) is 0. The van der Waals surface area contributed by atoms with Crippen molar-refractivity contribution >= 4 is 0 Å². The molecule has 1 aliphatic carbocycles. The third kappa shape index (κ3) is 32.1. The summed E-state index contributed by atoms with van der Waals surface area (Å²) in [5.74, 6) is 0. The van der Waals surface area contributed by atoms with Gasteiger partial charge in [0, 0.05) is 0 Å². The van der Waals surface area contributed by atoms with Gasteiger partial charge in [0.1, 0.15) is 0 Å². The van der Waals surface area contributed by atoms with Gasteiger partial charge in [-0.3, -0.25) is 6.08 Å². The molecule has 0 atom stereocenters. The molecule has 0 saturated heterocycles. The van der Waals surface area contributed by atoms with Gasteiger partial charge in [0.05, 0.1) is 0 Å². The van der Waals surface area contributed by atoms with Crippen LogP contribution in [-0.2, 0) is 26.2 Å². The van der Waals surface area contributed by atoms with E-state index in [2.05, 4.69) is 25.7 Å². The summed E-state index contributed by atoms with van der Waals surface area (Å²) in [5.41, 5.74) is 0. The zero-order valence-corrected chi connectivity index (χ0v) is 12.0. The second-order valence-electron chi connectivity index (χ2n) is 1.58. The predicted octanol–water partition coefficient (Wildman–Crippen LogP) is -6.29. The van der Waals surface area contributed by atoms with Gasteiger partial charge in [0.25, 0.3) is 0 Å². The summed E-state index contributed by atoms with van der Waals surface area (Å²) in [6.45, 7) is 6.90. The predicted molar refractivity (Wildman–Crippen MR) is 41.7 cm³/mol. The fraction of sp³-hybridized carbons (Fsp3) is 0.222. The molecule has 1 aliphatic rings. The minimum Gasteiger partial charge on any atom is -1.00 e. The van der Waals surface area contributed by atoms with Gasteiger partial charge in [-0.1, -0.05) is 0 Å². The van der Waals surface area contributed by atoms with Crippen LogP contribution in [0.1, 0.15) is 12.8 Å². The Bertz CT molecular complexity index is 112. The summed E-state index contributed by atoms with van der Waals surface area (Å²) in [6, 6.07) is 0. The number of hydrogen-bond acceptors (Lipinski definition) is 0. The van der Waals surface area contributed by atoms with Crippen molar-refractivity contribution in [2.75, 3.05) is 0 Å². The van der Waals surface area contributed by atoms with Crippen LogP contribution in [0.15, 0.2) is 30.9 Å². The molecular formula is C9H12Cl3Zr-2. The van der Waals surface area contributed by atoms with Crippen molar-refractivity contribution in [1.29, 1.82) is 0 Å². The minimum atomic E-state index is 0. The standard InChI is InChI=1S/C5H5.C4H7.3ClH.Zr/c1-2-4-5-3-1;1-3-4-2;;;;/h1-3H,4H2;3H,1-2,4H2;3*1H;/q2*-1;;;;+3/p-3. The molecule has 1 rings (SSSR count). The molecule has 0 nitrogen and oxygen atoms in total. The quantitative estimate of drug-likeness (QED) is 0.333. The van der Waals surface area contributed by atoms with Crippen molar-refractivity contribution in [2.24, 2.45) is 0 Å². The minimum absolute atomic E-state index is 0. The Labute approximate surface area is 119 Å². The van der Waals surface area contributed by atoms with Gasteiger partial charge < -0.3 is 44.1 Å². The summed E-state index contributed by atoms with van der Waals surface area (Å²) in [6.07, 6.45) is 12.6. The molecule has 4 heteroatoms. The second-order valence-corrected chi connectivity index (χ2v) is 1.58. The molecule has 0 bridgehead atoms. The molecule has 0 aliphatic heterocycles. The van der Waals surface area contributed by atoms with Crippen LogP contribution in [0.4, 0.5) is 0 Å². The molecule has 0 unspecified atom stereocenters. The maximum Gasteiger partial charge on any atom is 3.00 e. The fourth-order valence-corrected chi connectivity index (χ4v) is 0.340. The van der Waals surface area contributed by atoms with E-state index in [1.165, 1.54) is 0 Å². The molecule has 0 amide bonds. The zero-order chi connectivity index (χ0) is 6.95. The van der Waals surface area contributed by atoms with Gasteiger partial charge in [-0.25, -0.2) is 12.2 Å². The molecule has 13 heavy (non-hydrogen) atoms. The molecule has 0 spiro atoms. The Morgan fingerprint density at radius 2 is 1.85 bits per heavy atom. The molecule has 0 aromatic heterocycles. The van der Waals surface area contributed by atoms with Crippen molar-refractivity contribution in [2.45, 2.75) is 12.8 Å². The smallest absolute Gasteiger partial charge is 1.00 e. The third-order valence-electron chi connectivity index (χ3n) is 0.790. The SMILES string of the molecule is C=CC[CH2-].[C-]1=CC=CC1.[Cl-].[Cl-].[Cl-].[Zr+3]. The van der Waals surface area contributed by atoms with E-state index in [0.29, 0.717) is 0 Å². The average molecular weight is 318 g/mol. The van der Waals surface area contributed by atoms with Gasteiger partial charge in [-0.05, 0) is 0 Å². The summed E-state index contributed by atoms with van der Waals surface area (Å²) >= 11 is 0. The first-order valence-electron chi connectivity index (χ1n) is 3.03. The molecule has 0 heterocycles. The molecule has 0 aromatic rings. The Hall–Kier alpha value is 0.973. The van der Waals surface area contributed by atoms with E-state index in [4.69, 9.17) is 0 Å². The first-order valence-corrected chi connectivity index (χ1v) is 3.03. The number of halogens is 3. The van der Waals surface area contributed by atoms with Gasteiger partial charge in [-0.15, -0.1) is 19.1 Å². The van der Waals surface area contributed by atoms with E-state index in [9.17, 15) is 0 Å². The Balaban J connectivity index is -0.0000000256. The summed E-state index contributed by atoms with van der Waals surface area (Å²) in [5, 5.41) is 0. The van der Waals surface area contributed by atoms with Crippen LogP contribution in [0, 0.1) is 13.0 Å². The molecular weight excluding hydrogens is 306 g/mol. The van der Waals surface area contributed by atoms with Crippen molar-refractivity contribution in [3.63, 3.8) is 0 Å². The Morgan fingerprint density at radius 1 is 1.38 bits per heavy atom. The summed E-state index contributed by atoms with van der Waals surface area (Å²) in [4.78, 5) is 0. The molecule has 0 saturated carbocycles. The topological polar surface area (TPSA) is 0 Å². The average Bonchev–Trinajstić information content (AvgIpc) is 2.43. The van der Waals surface area contributed by atoms with Crippen LogP contribution in [-0.4, -0.2) is 0 Å². The monoisotopic (exact) mass is 315 g/mol. The van der Waals surface area contributed by atoms with Gasteiger partial charge in [-0.2, -0.15) is 12.5 Å². The Morgan fingerprint density at radius 3 is 1.92 bits per heavy atom. The van der Waals surface area contributed by atoms with Gasteiger partial charge in [0.2, 0.25) is 0 Å². The first-order chi connectivity index (χ1) is 4.41. The van der Waals surface area contributed by atoms with E-state index in [1.54, 1.807) is 6.08 Å². The molecule has 0 fully saturated rings. The largest absolute Gasteiger partial charge is 3.00 e. The summed E-state index contributed by atoms with van der Waals surface area (Å²) in [7, 11) is 0. The van der Waals surface area contributed by atoms with Crippen molar-refractivity contribution < 1.29 is 63.4 Å². The molecule has 75 valence electrons. The van der Waals surface area contributed by atoms with E-state index in [0.717, 1.165) is 12.8 Å². The molecule has 1 radical (unpaired) electrons. The van der Waals surface area contributed by atoms with Crippen LogP contribution in [0.2, 0.25) is 0 Å². The van der Waals surface area contributed by atoms with Crippen molar-refractivity contribution in [1.82, 2.24) is 0 Å². The Kier molecular flexibility index (Phi) is 65.7. The van der Waals surface area contributed by atoms with Crippen LogP contribution in [0.25, 0.3) is 0 Å². The van der Waals surface area contributed by atoms with E-state index >= 15 is 0 Å². The van der Waals surface area contributed by atoms with Crippen LogP contribution >= 0.6 is 0 Å². The van der Waals surface area contributed by atoms with Crippen LogP contribution in [0.5, 0.6) is 0 Å². The molecule has 0 aromatic carbocycles. The maximum absolute atomic E-state index is 3.49. The second kappa shape index (κ2) is 29.3. The normalized spacial score (nSPS) is 8.69.